The maximum atomic E-state index is 11.3. The highest BCUT2D eigenvalue weighted by Gasteiger charge is 2.20. The molecule has 5 nitrogen and oxygen atoms in total. The molecule has 0 aliphatic rings. The molecule has 0 fully saturated rings. The van der Waals surface area contributed by atoms with Crippen LogP contribution >= 0.6 is 11.3 Å². The van der Waals surface area contributed by atoms with Gasteiger partial charge < -0.3 is 9.84 Å². The maximum Gasteiger partial charge on any atom is 0.318 e. The summed E-state index contributed by atoms with van der Waals surface area (Å²) in [6, 6.07) is 12.6. The van der Waals surface area contributed by atoms with E-state index in [4.69, 9.17) is 4.74 Å². The highest BCUT2D eigenvalue weighted by Crippen LogP contribution is 2.36. The van der Waals surface area contributed by atoms with Gasteiger partial charge in [0.15, 0.2) is 0 Å². The van der Waals surface area contributed by atoms with Crippen molar-refractivity contribution in [2.45, 2.75) is 0 Å². The van der Waals surface area contributed by atoms with Crippen molar-refractivity contribution >= 4 is 39.3 Å². The van der Waals surface area contributed by atoms with Gasteiger partial charge in [-0.25, -0.2) is 0 Å². The number of nitrogens with zero attached hydrogens (tertiary/aromatic N) is 1. The van der Waals surface area contributed by atoms with Crippen molar-refractivity contribution in [1.82, 2.24) is 0 Å². The van der Waals surface area contributed by atoms with Gasteiger partial charge in [0, 0.05) is 15.6 Å². The van der Waals surface area contributed by atoms with Crippen molar-refractivity contribution in [3.8, 4) is 11.5 Å². The van der Waals surface area contributed by atoms with Gasteiger partial charge in [-0.2, -0.15) is 0 Å². The first-order valence-corrected chi connectivity index (χ1v) is 7.62. The number of methoxy groups -OCH3 is 1. The van der Waals surface area contributed by atoms with Crippen LogP contribution in [0.3, 0.4) is 0 Å². The van der Waals surface area contributed by atoms with Crippen molar-refractivity contribution in [3.05, 3.63) is 63.0 Å². The van der Waals surface area contributed by atoms with Gasteiger partial charge in [-0.05, 0) is 35.7 Å². The molecule has 0 spiro atoms. The van der Waals surface area contributed by atoms with Gasteiger partial charge >= 0.3 is 5.69 Å². The quantitative estimate of drug-likeness (QED) is 0.557. The molecular formula is C17H13NO4S. The Morgan fingerprint density at radius 3 is 2.70 bits per heavy atom. The molecule has 1 aromatic heterocycles. The van der Waals surface area contributed by atoms with Gasteiger partial charge in [-0.15, -0.1) is 11.3 Å². The van der Waals surface area contributed by atoms with Crippen LogP contribution in [0.2, 0.25) is 0 Å². The molecule has 3 aromatic rings. The smallest absolute Gasteiger partial charge is 0.318 e. The van der Waals surface area contributed by atoms with Crippen molar-refractivity contribution in [2.75, 3.05) is 7.11 Å². The molecule has 0 amide bonds. The van der Waals surface area contributed by atoms with Crippen molar-refractivity contribution in [2.24, 2.45) is 0 Å². The van der Waals surface area contributed by atoms with Crippen LogP contribution in [0, 0.1) is 10.1 Å². The fourth-order valence-electron chi connectivity index (χ4n) is 2.35. The van der Waals surface area contributed by atoms with E-state index in [0.717, 1.165) is 15.0 Å². The number of rotatable bonds is 4. The highest BCUT2D eigenvalue weighted by molar-refractivity contribution is 7.19. The van der Waals surface area contributed by atoms with E-state index >= 15 is 0 Å². The number of thiophene rings is 1. The summed E-state index contributed by atoms with van der Waals surface area (Å²) in [5, 5.41) is 22.1. The Morgan fingerprint density at radius 1 is 1.22 bits per heavy atom. The van der Waals surface area contributed by atoms with Crippen molar-refractivity contribution in [3.63, 3.8) is 0 Å². The zero-order valence-corrected chi connectivity index (χ0v) is 13.0. The first-order valence-electron chi connectivity index (χ1n) is 6.80. The van der Waals surface area contributed by atoms with Crippen LogP contribution in [-0.4, -0.2) is 17.1 Å². The Balaban J connectivity index is 2.04. The van der Waals surface area contributed by atoms with Crippen LogP contribution in [0.1, 0.15) is 10.4 Å². The van der Waals surface area contributed by atoms with Crippen molar-refractivity contribution in [1.29, 1.82) is 0 Å². The first kappa shape index (κ1) is 15.1. The average molecular weight is 327 g/mol. The molecule has 116 valence electrons. The molecule has 1 N–H and O–H groups in total. The summed E-state index contributed by atoms with van der Waals surface area (Å²) >= 11 is 1.59. The molecule has 0 unspecified atom stereocenters. The largest absolute Gasteiger partial charge is 0.508 e. The summed E-state index contributed by atoms with van der Waals surface area (Å²) in [5.74, 6) is -0.0468. The van der Waals surface area contributed by atoms with Gasteiger partial charge in [0.25, 0.3) is 0 Å². The van der Waals surface area contributed by atoms with E-state index in [1.165, 1.54) is 19.2 Å². The summed E-state index contributed by atoms with van der Waals surface area (Å²) in [7, 11) is 1.33. The van der Waals surface area contributed by atoms with Crippen LogP contribution in [0.25, 0.3) is 22.2 Å². The summed E-state index contributed by atoms with van der Waals surface area (Å²) in [6.07, 6.45) is 3.41. The van der Waals surface area contributed by atoms with E-state index in [2.05, 4.69) is 0 Å². The number of ether oxygens (including phenoxy) is 1. The lowest BCUT2D eigenvalue weighted by atomic mass is 10.1. The zero-order valence-electron chi connectivity index (χ0n) is 12.2. The lowest BCUT2D eigenvalue weighted by Crippen LogP contribution is -1.96. The van der Waals surface area contributed by atoms with E-state index in [-0.39, 0.29) is 17.2 Å². The van der Waals surface area contributed by atoms with Crippen LogP contribution in [0.15, 0.2) is 42.5 Å². The van der Waals surface area contributed by atoms with Crippen LogP contribution in [-0.2, 0) is 0 Å². The van der Waals surface area contributed by atoms with Crippen LogP contribution < -0.4 is 4.74 Å². The number of hydrogen-bond donors (Lipinski definition) is 1. The molecule has 0 radical (unpaired) electrons. The second-order valence-electron chi connectivity index (χ2n) is 4.86. The van der Waals surface area contributed by atoms with Gasteiger partial charge in [0.05, 0.1) is 17.6 Å². The van der Waals surface area contributed by atoms with Gasteiger partial charge in [-0.3, -0.25) is 10.1 Å². The predicted molar refractivity (Wildman–Crippen MR) is 92.1 cm³/mol. The summed E-state index contributed by atoms with van der Waals surface area (Å²) < 4.78 is 6.14. The minimum atomic E-state index is -0.511. The lowest BCUT2D eigenvalue weighted by molar-refractivity contribution is -0.386. The van der Waals surface area contributed by atoms with E-state index in [1.54, 1.807) is 23.5 Å². The fraction of sp³-hybridized carbons (Fsp3) is 0.0588. The van der Waals surface area contributed by atoms with E-state index in [9.17, 15) is 15.2 Å². The molecule has 2 aromatic carbocycles. The molecule has 0 saturated heterocycles. The van der Waals surface area contributed by atoms with Crippen LogP contribution in [0.4, 0.5) is 5.69 Å². The third kappa shape index (κ3) is 3.02. The number of benzene rings is 2. The molecule has 0 aliphatic heterocycles. The van der Waals surface area contributed by atoms with E-state index in [0.29, 0.717) is 5.56 Å². The molecule has 0 saturated carbocycles. The number of aromatic hydroxyl groups is 1. The predicted octanol–water partition coefficient (Wildman–Crippen LogP) is 4.69. The lowest BCUT2D eigenvalue weighted by Gasteiger charge is -2.05. The number of hydrogen-bond acceptors (Lipinski definition) is 5. The molecule has 3 rings (SSSR count). The Labute approximate surface area is 136 Å². The average Bonchev–Trinajstić information content (AvgIpc) is 2.94. The third-order valence-corrected chi connectivity index (χ3v) is 4.44. The third-order valence-electron chi connectivity index (χ3n) is 3.36. The maximum absolute atomic E-state index is 11.3. The number of fused-ring (bicyclic) bond motifs is 1. The topological polar surface area (TPSA) is 72.6 Å². The molecule has 23 heavy (non-hydrogen) atoms. The number of phenolic OH excluding ortho intramolecular Hbond substituents is 1. The number of nitro groups is 1. The van der Waals surface area contributed by atoms with Gasteiger partial charge in [0.1, 0.15) is 5.75 Å². The van der Waals surface area contributed by atoms with Crippen molar-refractivity contribution < 1.29 is 14.8 Å². The summed E-state index contributed by atoms with van der Waals surface area (Å²) in [5.41, 5.74) is 0.131. The Kier molecular flexibility index (Phi) is 3.99. The SMILES string of the molecule is COc1cc(O)cc(/C=C/c2cc3ccccc3s2)c1[N+](=O)[O-]. The summed E-state index contributed by atoms with van der Waals surface area (Å²) in [6.45, 7) is 0. The fourth-order valence-corrected chi connectivity index (χ4v) is 3.32. The second kappa shape index (κ2) is 6.10. The number of phenols is 1. The monoisotopic (exact) mass is 327 g/mol. The highest BCUT2D eigenvalue weighted by atomic mass is 32.1. The first-order chi connectivity index (χ1) is 11.1. The standard InChI is InChI=1S/C17H13NO4S/c1-22-15-10-13(19)8-12(17(15)18(20)21)6-7-14-9-11-4-2-3-5-16(11)23-14/h2-10,19H,1H3/b7-6+. The van der Waals surface area contributed by atoms with E-state index in [1.807, 2.05) is 30.3 Å². The Hall–Kier alpha value is -2.86. The van der Waals surface area contributed by atoms with E-state index < -0.39 is 4.92 Å². The molecule has 6 heteroatoms. The Morgan fingerprint density at radius 2 is 2.00 bits per heavy atom. The summed E-state index contributed by atoms with van der Waals surface area (Å²) in [4.78, 5) is 11.7. The second-order valence-corrected chi connectivity index (χ2v) is 5.98. The van der Waals surface area contributed by atoms with Gasteiger partial charge in [-0.1, -0.05) is 18.2 Å². The van der Waals surface area contributed by atoms with Crippen LogP contribution in [0.5, 0.6) is 11.5 Å². The number of nitro benzene ring substituents is 1. The minimum absolute atomic E-state index is 0.0333. The zero-order chi connectivity index (χ0) is 16.4. The molecule has 1 heterocycles. The molecule has 0 aliphatic carbocycles. The molecular weight excluding hydrogens is 314 g/mol. The molecule has 0 atom stereocenters. The minimum Gasteiger partial charge on any atom is -0.508 e. The van der Waals surface area contributed by atoms with Gasteiger partial charge in [0.2, 0.25) is 5.75 Å². The molecule has 0 bridgehead atoms. The normalized spacial score (nSPS) is 11.2. The Bertz CT molecular complexity index is 881.